The molecule has 172 valence electrons. The number of fused-ring (bicyclic) bond motifs is 2. The first-order chi connectivity index (χ1) is 16.2. The number of aliphatic imine (C=N–C) groups is 1. The van der Waals surface area contributed by atoms with Gasteiger partial charge in [-0.05, 0) is 47.5 Å². The van der Waals surface area contributed by atoms with Crippen LogP contribution in [-0.4, -0.2) is 26.7 Å². The predicted octanol–water partition coefficient (Wildman–Crippen LogP) is 4.90. The maximum Gasteiger partial charge on any atom is 0.328 e. The maximum atomic E-state index is 14.5. The van der Waals surface area contributed by atoms with Gasteiger partial charge in [-0.1, -0.05) is 41.4 Å². The van der Waals surface area contributed by atoms with Gasteiger partial charge in [0, 0.05) is 48.1 Å². The van der Waals surface area contributed by atoms with Crippen molar-refractivity contribution in [2.75, 3.05) is 0 Å². The van der Waals surface area contributed by atoms with Crippen molar-refractivity contribution in [1.82, 2.24) is 9.13 Å². The minimum absolute atomic E-state index is 0.110. The van der Waals surface area contributed by atoms with Gasteiger partial charge < -0.3 is 0 Å². The molecule has 0 spiro atoms. The van der Waals surface area contributed by atoms with E-state index in [-0.39, 0.29) is 24.3 Å². The van der Waals surface area contributed by atoms with Crippen molar-refractivity contribution < 1.29 is 9.18 Å². The molecular formula is C26H20Cl2FN3O2. The number of aryl methyl sites for hydroxylation is 2. The lowest BCUT2D eigenvalue weighted by atomic mass is 9.95. The number of carbonyl (C=O) groups excluding carboxylic acids is 1. The van der Waals surface area contributed by atoms with Crippen LogP contribution in [0.25, 0.3) is 11.0 Å². The zero-order valence-corrected chi connectivity index (χ0v) is 20.0. The number of halogens is 3. The molecule has 2 heterocycles. The summed E-state index contributed by atoms with van der Waals surface area (Å²) in [5.74, 6) is -0.580. The molecule has 4 aromatic rings. The van der Waals surface area contributed by atoms with Crippen LogP contribution in [0, 0.1) is 5.82 Å². The number of aromatic nitrogens is 2. The quantitative estimate of drug-likeness (QED) is 0.406. The molecule has 0 N–H and O–H groups in total. The number of rotatable bonds is 3. The topological polar surface area (TPSA) is 56.4 Å². The van der Waals surface area contributed by atoms with E-state index in [9.17, 15) is 14.0 Å². The van der Waals surface area contributed by atoms with Gasteiger partial charge in [0.1, 0.15) is 11.9 Å². The highest BCUT2D eigenvalue weighted by Crippen LogP contribution is 2.28. The minimum Gasteiger partial charge on any atom is -0.297 e. The lowest BCUT2D eigenvalue weighted by Gasteiger charge is -2.13. The molecule has 0 radical (unpaired) electrons. The Morgan fingerprint density at radius 2 is 1.65 bits per heavy atom. The highest BCUT2D eigenvalue weighted by atomic mass is 35.5. The largest absolute Gasteiger partial charge is 0.328 e. The van der Waals surface area contributed by atoms with Crippen molar-refractivity contribution >= 4 is 45.7 Å². The second-order valence-corrected chi connectivity index (χ2v) is 9.35. The molecule has 5 nitrogen and oxygen atoms in total. The summed E-state index contributed by atoms with van der Waals surface area (Å²) in [6.07, 6.45) is 0.268. The van der Waals surface area contributed by atoms with E-state index in [0.717, 1.165) is 27.7 Å². The Bertz CT molecular complexity index is 1570. The first-order valence-corrected chi connectivity index (χ1v) is 11.5. The van der Waals surface area contributed by atoms with Gasteiger partial charge in [0.05, 0.1) is 16.7 Å². The standard InChI is InChI=1S/C26H20Cl2FN3O2/c1-31-22-8-5-16(10-23(22)32(2)26(31)34)25-19-12-17(27)6-3-14(19)11-24(33)21(30-25)9-15-4-7-18(28)13-20(15)29/h3-8,10,12-13,21H,9,11H2,1-2H3/t21-/m0/s1. The number of nitrogens with zero attached hydrogens (tertiary/aromatic N) is 3. The monoisotopic (exact) mass is 495 g/mol. The summed E-state index contributed by atoms with van der Waals surface area (Å²) in [6.45, 7) is 0. The molecule has 1 aliphatic rings. The number of imidazole rings is 1. The lowest BCUT2D eigenvalue weighted by molar-refractivity contribution is -0.119. The molecule has 0 unspecified atom stereocenters. The van der Waals surface area contributed by atoms with Crippen LogP contribution in [0.5, 0.6) is 0 Å². The molecule has 0 fully saturated rings. The third-order valence-corrected chi connectivity index (χ3v) is 6.79. The van der Waals surface area contributed by atoms with Crippen LogP contribution in [0.3, 0.4) is 0 Å². The third kappa shape index (κ3) is 3.87. The number of Topliss-reactive ketones (excluding diaryl/α,β-unsaturated/α-hetero) is 1. The summed E-state index contributed by atoms with van der Waals surface area (Å²) < 4.78 is 17.7. The predicted molar refractivity (Wildman–Crippen MR) is 133 cm³/mol. The average Bonchev–Trinajstić information content (AvgIpc) is 2.94. The molecular weight excluding hydrogens is 476 g/mol. The first-order valence-electron chi connectivity index (χ1n) is 10.7. The van der Waals surface area contributed by atoms with Crippen LogP contribution in [-0.2, 0) is 31.7 Å². The van der Waals surface area contributed by atoms with E-state index < -0.39 is 11.9 Å². The second kappa shape index (κ2) is 8.53. The fourth-order valence-electron chi connectivity index (χ4n) is 4.47. The normalized spacial score (nSPS) is 15.9. The van der Waals surface area contributed by atoms with E-state index in [1.54, 1.807) is 47.5 Å². The van der Waals surface area contributed by atoms with Crippen LogP contribution < -0.4 is 5.69 Å². The van der Waals surface area contributed by atoms with E-state index in [4.69, 9.17) is 28.2 Å². The summed E-state index contributed by atoms with van der Waals surface area (Å²) >= 11 is 12.2. The van der Waals surface area contributed by atoms with Crippen LogP contribution in [0.2, 0.25) is 10.0 Å². The first kappa shape index (κ1) is 22.6. The van der Waals surface area contributed by atoms with Gasteiger partial charge >= 0.3 is 5.69 Å². The molecule has 5 rings (SSSR count). The van der Waals surface area contributed by atoms with Crippen molar-refractivity contribution in [2.45, 2.75) is 18.9 Å². The average molecular weight is 496 g/mol. The van der Waals surface area contributed by atoms with E-state index in [0.29, 0.717) is 21.3 Å². The van der Waals surface area contributed by atoms with Gasteiger partial charge in [-0.15, -0.1) is 0 Å². The van der Waals surface area contributed by atoms with Crippen LogP contribution in [0.4, 0.5) is 4.39 Å². The molecule has 0 aliphatic carbocycles. The Labute approximate surface area is 205 Å². The van der Waals surface area contributed by atoms with Gasteiger partial charge in [0.2, 0.25) is 0 Å². The summed E-state index contributed by atoms with van der Waals surface area (Å²) in [7, 11) is 3.43. The molecule has 8 heteroatoms. The van der Waals surface area contributed by atoms with Gasteiger partial charge in [-0.3, -0.25) is 18.9 Å². The van der Waals surface area contributed by atoms with Gasteiger partial charge in [-0.25, -0.2) is 9.18 Å². The zero-order chi connectivity index (χ0) is 24.1. The number of ketones is 1. The molecule has 1 aliphatic heterocycles. The maximum absolute atomic E-state index is 14.5. The van der Waals surface area contributed by atoms with E-state index in [1.807, 2.05) is 24.3 Å². The Balaban J connectivity index is 1.69. The summed E-state index contributed by atoms with van der Waals surface area (Å²) in [5, 5.41) is 0.815. The second-order valence-electron chi connectivity index (χ2n) is 8.48. The van der Waals surface area contributed by atoms with E-state index >= 15 is 0 Å². The highest BCUT2D eigenvalue weighted by molar-refractivity contribution is 6.31. The van der Waals surface area contributed by atoms with Gasteiger partial charge in [0.25, 0.3) is 0 Å². The number of benzene rings is 3. The Morgan fingerprint density at radius 1 is 0.941 bits per heavy atom. The van der Waals surface area contributed by atoms with E-state index in [1.165, 1.54) is 6.07 Å². The van der Waals surface area contributed by atoms with Crippen LogP contribution >= 0.6 is 23.2 Å². The fraction of sp³-hybridized carbons (Fsp3) is 0.192. The van der Waals surface area contributed by atoms with E-state index in [2.05, 4.69) is 0 Å². The van der Waals surface area contributed by atoms with Crippen molar-refractivity contribution in [1.29, 1.82) is 0 Å². The van der Waals surface area contributed by atoms with Crippen molar-refractivity contribution in [3.05, 3.63) is 103 Å². The van der Waals surface area contributed by atoms with Gasteiger partial charge in [0.15, 0.2) is 5.78 Å². The summed E-state index contributed by atoms with van der Waals surface area (Å²) in [5.41, 5.74) is 4.64. The SMILES string of the molecule is Cn1c(=O)n(C)c2cc(C3=N[C@@H](Cc4ccc(Cl)cc4F)C(=O)Cc4ccc(Cl)cc43)ccc21. The molecule has 34 heavy (non-hydrogen) atoms. The number of carbonyl (C=O) groups is 1. The number of hydrogen-bond donors (Lipinski definition) is 0. The molecule has 0 amide bonds. The summed E-state index contributed by atoms with van der Waals surface area (Å²) in [6, 6.07) is 14.6. The molecule has 1 atom stereocenters. The fourth-order valence-corrected chi connectivity index (χ4v) is 4.80. The number of hydrogen-bond acceptors (Lipinski definition) is 3. The molecule has 0 bridgehead atoms. The molecule has 0 saturated heterocycles. The van der Waals surface area contributed by atoms with Crippen LogP contribution in [0.15, 0.2) is 64.4 Å². The molecule has 0 saturated carbocycles. The smallest absolute Gasteiger partial charge is 0.297 e. The van der Waals surface area contributed by atoms with Gasteiger partial charge in [-0.2, -0.15) is 0 Å². The minimum atomic E-state index is -0.785. The Hall–Kier alpha value is -3.22. The van der Waals surface area contributed by atoms with Crippen molar-refractivity contribution in [3.8, 4) is 0 Å². The highest BCUT2D eigenvalue weighted by Gasteiger charge is 2.27. The summed E-state index contributed by atoms with van der Waals surface area (Å²) in [4.78, 5) is 30.5. The van der Waals surface area contributed by atoms with Crippen LogP contribution in [0.1, 0.15) is 22.3 Å². The Kier molecular flexibility index (Phi) is 5.66. The lowest BCUT2D eigenvalue weighted by Crippen LogP contribution is -2.23. The molecule has 1 aromatic heterocycles. The van der Waals surface area contributed by atoms with Crippen molar-refractivity contribution in [3.63, 3.8) is 0 Å². The zero-order valence-electron chi connectivity index (χ0n) is 18.5. The van der Waals surface area contributed by atoms with Crippen molar-refractivity contribution in [2.24, 2.45) is 19.1 Å². The Morgan fingerprint density at radius 3 is 2.41 bits per heavy atom. The molecule has 3 aromatic carbocycles. The third-order valence-electron chi connectivity index (χ3n) is 6.32.